The van der Waals surface area contributed by atoms with Crippen LogP contribution in [0.3, 0.4) is 0 Å². The Hall–Kier alpha value is -1.30. The first-order valence-electron chi connectivity index (χ1n) is 4.46. The van der Waals surface area contributed by atoms with Crippen LogP contribution in [-0.4, -0.2) is 17.6 Å². The van der Waals surface area contributed by atoms with Crippen LogP contribution in [0.25, 0.3) is 0 Å². The Morgan fingerprint density at radius 1 is 1.31 bits per heavy atom. The average molecular weight is 238 g/mol. The van der Waals surface area contributed by atoms with Crippen LogP contribution < -0.4 is 4.74 Å². The van der Waals surface area contributed by atoms with Gasteiger partial charge in [0.2, 0.25) is 0 Å². The summed E-state index contributed by atoms with van der Waals surface area (Å²) in [6.45, 7) is 1.42. The van der Waals surface area contributed by atoms with Crippen molar-refractivity contribution in [2.45, 2.75) is 25.6 Å². The minimum Gasteiger partial charge on any atom is -0.428 e. The van der Waals surface area contributed by atoms with E-state index in [1.165, 1.54) is 19.1 Å². The van der Waals surface area contributed by atoms with E-state index >= 15 is 0 Å². The van der Waals surface area contributed by atoms with Gasteiger partial charge in [-0.3, -0.25) is 0 Å². The first-order valence-corrected chi connectivity index (χ1v) is 4.46. The number of rotatable bonds is 4. The van der Waals surface area contributed by atoms with E-state index in [4.69, 9.17) is 5.11 Å². The summed E-state index contributed by atoms with van der Waals surface area (Å²) in [5.74, 6) is -0.413. The van der Waals surface area contributed by atoms with Crippen molar-refractivity contribution in [2.75, 3.05) is 0 Å². The molecule has 0 aliphatic heterocycles. The molecular formula is C10H10F4O2. The molecule has 1 rings (SSSR count). The highest BCUT2D eigenvalue weighted by molar-refractivity contribution is 5.29. The molecule has 0 saturated heterocycles. The number of hydrogen-bond acceptors (Lipinski definition) is 2. The molecule has 0 saturated carbocycles. The highest BCUT2D eigenvalue weighted by Gasteiger charge is 2.43. The van der Waals surface area contributed by atoms with Gasteiger partial charge in [-0.1, -0.05) is 12.1 Å². The van der Waals surface area contributed by atoms with Crippen molar-refractivity contribution in [3.8, 4) is 5.75 Å². The number of aliphatic hydroxyl groups excluding tert-OH is 1. The molecule has 0 amide bonds. The zero-order valence-corrected chi connectivity index (χ0v) is 8.33. The predicted octanol–water partition coefficient (Wildman–Crippen LogP) is 2.98. The van der Waals surface area contributed by atoms with Gasteiger partial charge in [-0.05, 0) is 24.6 Å². The van der Waals surface area contributed by atoms with Gasteiger partial charge < -0.3 is 9.84 Å². The first-order chi connectivity index (χ1) is 7.33. The Bertz CT molecular complexity index is 352. The lowest BCUT2D eigenvalue weighted by Crippen LogP contribution is -2.33. The summed E-state index contributed by atoms with van der Waals surface area (Å²) in [4.78, 5) is 0. The number of benzene rings is 1. The number of aliphatic hydroxyl groups is 1. The smallest absolute Gasteiger partial charge is 0.428 e. The fraction of sp³-hybridized carbons (Fsp3) is 0.400. The molecule has 0 heterocycles. The maximum atomic E-state index is 12.5. The number of halogens is 4. The van der Waals surface area contributed by atoms with E-state index < -0.39 is 24.4 Å². The normalized spacial score (nSPS) is 13.9. The lowest BCUT2D eigenvalue weighted by molar-refractivity contribution is -0.253. The van der Waals surface area contributed by atoms with Crippen LogP contribution in [0.4, 0.5) is 17.6 Å². The Labute approximate surface area is 89.5 Å². The fourth-order valence-corrected chi connectivity index (χ4v) is 1.04. The maximum absolute atomic E-state index is 12.5. The monoisotopic (exact) mass is 238 g/mol. The maximum Gasteiger partial charge on any atom is 0.461 e. The summed E-state index contributed by atoms with van der Waals surface area (Å²) in [6.07, 6.45) is -9.32. The third kappa shape index (κ3) is 3.10. The van der Waals surface area contributed by atoms with Crippen LogP contribution in [0.1, 0.15) is 18.6 Å². The molecule has 0 spiro atoms. The lowest BCUT2D eigenvalue weighted by Gasteiger charge is -2.17. The summed E-state index contributed by atoms with van der Waals surface area (Å²) in [6, 6.07) is 5.00. The molecule has 0 radical (unpaired) electrons. The summed E-state index contributed by atoms with van der Waals surface area (Å²) < 4.78 is 52.6. The van der Waals surface area contributed by atoms with Crippen LogP contribution >= 0.6 is 0 Å². The molecule has 6 heteroatoms. The highest BCUT2D eigenvalue weighted by atomic mass is 19.3. The third-order valence-corrected chi connectivity index (χ3v) is 1.85. The van der Waals surface area contributed by atoms with Crippen molar-refractivity contribution in [1.29, 1.82) is 0 Å². The Morgan fingerprint density at radius 2 is 1.94 bits per heavy atom. The van der Waals surface area contributed by atoms with Crippen molar-refractivity contribution in [3.05, 3.63) is 29.8 Å². The van der Waals surface area contributed by atoms with Crippen LogP contribution in [0.5, 0.6) is 5.75 Å². The summed E-state index contributed by atoms with van der Waals surface area (Å²) in [5.41, 5.74) is 0.308. The van der Waals surface area contributed by atoms with E-state index in [1.54, 1.807) is 0 Å². The van der Waals surface area contributed by atoms with Gasteiger partial charge in [-0.25, -0.2) is 0 Å². The second-order valence-corrected chi connectivity index (χ2v) is 3.21. The molecule has 1 aromatic carbocycles. The molecule has 0 fully saturated rings. The van der Waals surface area contributed by atoms with Crippen LogP contribution in [0.2, 0.25) is 0 Å². The highest BCUT2D eigenvalue weighted by Crippen LogP contribution is 2.28. The molecule has 2 nitrogen and oxygen atoms in total. The molecular weight excluding hydrogens is 228 g/mol. The number of alkyl halides is 4. The molecule has 1 unspecified atom stereocenters. The van der Waals surface area contributed by atoms with Crippen molar-refractivity contribution in [1.82, 2.24) is 0 Å². The zero-order chi connectivity index (χ0) is 12.3. The molecule has 1 aromatic rings. The molecule has 16 heavy (non-hydrogen) atoms. The van der Waals surface area contributed by atoms with Gasteiger partial charge in [0.1, 0.15) is 5.75 Å². The molecule has 0 aliphatic rings. The summed E-state index contributed by atoms with van der Waals surface area (Å²) in [5, 5.41) is 9.16. The number of hydrogen-bond donors (Lipinski definition) is 1. The molecule has 90 valence electrons. The van der Waals surface area contributed by atoms with E-state index in [1.807, 2.05) is 0 Å². The van der Waals surface area contributed by atoms with E-state index in [-0.39, 0.29) is 0 Å². The van der Waals surface area contributed by atoms with Crippen molar-refractivity contribution < 1.29 is 27.4 Å². The minimum absolute atomic E-state index is 0.308. The van der Waals surface area contributed by atoms with Gasteiger partial charge in [0.15, 0.2) is 0 Å². The van der Waals surface area contributed by atoms with E-state index in [0.717, 1.165) is 12.1 Å². The van der Waals surface area contributed by atoms with Crippen molar-refractivity contribution >= 4 is 0 Å². The SMILES string of the molecule is CC(O)c1cccc(OC(F)(F)C(F)F)c1. The Balaban J connectivity index is 2.86. The van der Waals surface area contributed by atoms with Gasteiger partial charge in [0.25, 0.3) is 0 Å². The van der Waals surface area contributed by atoms with Crippen LogP contribution in [0, 0.1) is 0 Å². The van der Waals surface area contributed by atoms with E-state index in [0.29, 0.717) is 5.56 Å². The van der Waals surface area contributed by atoms with E-state index in [9.17, 15) is 17.6 Å². The van der Waals surface area contributed by atoms with Gasteiger partial charge in [0.05, 0.1) is 6.10 Å². The predicted molar refractivity (Wildman–Crippen MR) is 48.7 cm³/mol. The number of ether oxygens (including phenoxy) is 1. The Kier molecular flexibility index (Phi) is 3.74. The summed E-state index contributed by atoms with van der Waals surface area (Å²) >= 11 is 0. The molecule has 0 bridgehead atoms. The van der Waals surface area contributed by atoms with Gasteiger partial charge in [-0.15, -0.1) is 0 Å². The van der Waals surface area contributed by atoms with Gasteiger partial charge >= 0.3 is 12.5 Å². The average Bonchev–Trinajstić information content (AvgIpc) is 2.17. The standard InChI is InChI=1S/C10H10F4O2/c1-6(15)7-3-2-4-8(5-7)16-10(13,14)9(11)12/h2-6,9,15H,1H3. The lowest BCUT2D eigenvalue weighted by atomic mass is 10.1. The van der Waals surface area contributed by atoms with Gasteiger partial charge in [0, 0.05) is 0 Å². The molecule has 0 aliphatic carbocycles. The molecule has 1 N–H and O–H groups in total. The third-order valence-electron chi connectivity index (χ3n) is 1.85. The summed E-state index contributed by atoms with van der Waals surface area (Å²) in [7, 11) is 0. The van der Waals surface area contributed by atoms with Crippen LogP contribution in [0.15, 0.2) is 24.3 Å². The Morgan fingerprint density at radius 3 is 2.44 bits per heavy atom. The second-order valence-electron chi connectivity index (χ2n) is 3.21. The fourth-order valence-electron chi connectivity index (χ4n) is 1.04. The van der Waals surface area contributed by atoms with Crippen molar-refractivity contribution in [2.24, 2.45) is 0 Å². The van der Waals surface area contributed by atoms with Gasteiger partial charge in [-0.2, -0.15) is 17.6 Å². The topological polar surface area (TPSA) is 29.5 Å². The first kappa shape index (κ1) is 12.8. The van der Waals surface area contributed by atoms with E-state index in [2.05, 4.69) is 4.74 Å². The molecule has 1 atom stereocenters. The largest absolute Gasteiger partial charge is 0.461 e. The second kappa shape index (κ2) is 4.69. The minimum atomic E-state index is -4.53. The van der Waals surface area contributed by atoms with Crippen LogP contribution in [-0.2, 0) is 0 Å². The quantitative estimate of drug-likeness (QED) is 0.817. The zero-order valence-electron chi connectivity index (χ0n) is 8.33. The van der Waals surface area contributed by atoms with Crippen molar-refractivity contribution in [3.63, 3.8) is 0 Å². The molecule has 0 aromatic heterocycles.